The van der Waals surface area contributed by atoms with Crippen molar-refractivity contribution < 1.29 is 0 Å². The van der Waals surface area contributed by atoms with Gasteiger partial charge in [-0.2, -0.15) is 0 Å². The van der Waals surface area contributed by atoms with E-state index in [1.54, 1.807) is 6.20 Å². The third-order valence-corrected chi connectivity index (χ3v) is 2.19. The smallest absolute Gasteiger partial charge is 0.161 e. The molecule has 0 fully saturated rings. The summed E-state index contributed by atoms with van der Waals surface area (Å²) in [6, 6.07) is 1.92. The Balaban J connectivity index is 2.86. The lowest BCUT2D eigenvalue weighted by atomic mass is 10.5. The van der Waals surface area contributed by atoms with Gasteiger partial charge in [0, 0.05) is 6.20 Å². The lowest BCUT2D eigenvalue weighted by molar-refractivity contribution is 1.20. The van der Waals surface area contributed by atoms with Gasteiger partial charge >= 0.3 is 0 Å². The number of hydrogen-bond acceptors (Lipinski definition) is 2. The van der Waals surface area contributed by atoms with Crippen molar-refractivity contribution in [2.45, 2.75) is 0 Å². The monoisotopic (exact) mass is 229 g/mol. The third kappa shape index (κ3) is 1.17. The molecular weight excluding hydrogens is 225 g/mol. The second-order valence-electron chi connectivity index (χ2n) is 2.12. The first-order chi connectivity index (χ1) is 5.27. The van der Waals surface area contributed by atoms with Crippen molar-refractivity contribution in [2.24, 2.45) is 0 Å². The van der Waals surface area contributed by atoms with E-state index < -0.39 is 0 Å². The summed E-state index contributed by atoms with van der Waals surface area (Å²) < 4.78 is 2.62. The third-order valence-electron chi connectivity index (χ3n) is 1.39. The molecule has 0 aromatic carbocycles. The topological polar surface area (TPSA) is 30.7 Å². The van der Waals surface area contributed by atoms with E-state index in [9.17, 15) is 0 Å². The van der Waals surface area contributed by atoms with Gasteiger partial charge in [-0.05, 0) is 31.4 Å². The normalized spacial score (nSPS) is 10.7. The maximum atomic E-state index is 4.22. The van der Waals surface area contributed by atoms with E-state index in [0.717, 1.165) is 15.8 Å². The molecule has 0 aliphatic heterocycles. The maximum absolute atomic E-state index is 4.22. The minimum atomic E-state index is 0.765. The van der Waals surface area contributed by atoms with Crippen molar-refractivity contribution in [2.75, 3.05) is 0 Å². The second-order valence-corrected chi connectivity index (χ2v) is 3.49. The van der Waals surface area contributed by atoms with Crippen molar-refractivity contribution in [1.82, 2.24) is 14.3 Å². The average molecular weight is 230 g/mol. The van der Waals surface area contributed by atoms with Crippen LogP contribution in [0.4, 0.5) is 0 Å². The Hall–Kier alpha value is -0.470. The fourth-order valence-electron chi connectivity index (χ4n) is 0.907. The average Bonchev–Trinajstić information content (AvgIpc) is 2.32. The van der Waals surface area contributed by atoms with Crippen molar-refractivity contribution in [3.8, 4) is 0 Å². The van der Waals surface area contributed by atoms with Crippen LogP contribution in [0.15, 0.2) is 23.1 Å². The van der Waals surface area contributed by atoms with Crippen LogP contribution in [0.25, 0.3) is 11.2 Å². The molecule has 0 amide bonds. The minimum Gasteiger partial charge on any atom is -0.316 e. The molecule has 0 radical (unpaired) electrons. The number of hydrogen-bond donors (Lipinski definition) is 0. The molecule has 0 saturated heterocycles. The van der Waals surface area contributed by atoms with Crippen LogP contribution in [-0.2, 0) is 0 Å². The molecule has 2 heterocycles. The van der Waals surface area contributed by atoms with E-state index in [-0.39, 0.29) is 0 Å². The molecule has 2 rings (SSSR count). The standard InChI is InChI=1S/C6H5BrN3P/c7-5-3-8-6-4(9-5)1-2-10(6)11/h1-3H,11H2. The summed E-state index contributed by atoms with van der Waals surface area (Å²) in [6.07, 6.45) is 3.59. The summed E-state index contributed by atoms with van der Waals surface area (Å²) >= 11 is 3.25. The van der Waals surface area contributed by atoms with E-state index in [1.165, 1.54) is 0 Å². The lowest BCUT2D eigenvalue weighted by Gasteiger charge is -1.92. The highest BCUT2D eigenvalue weighted by Gasteiger charge is 1.99. The van der Waals surface area contributed by atoms with Gasteiger partial charge in [-0.15, -0.1) is 0 Å². The molecule has 0 aliphatic rings. The van der Waals surface area contributed by atoms with Crippen molar-refractivity contribution in [1.29, 1.82) is 0 Å². The van der Waals surface area contributed by atoms with Gasteiger partial charge in [-0.3, -0.25) is 0 Å². The number of fused-ring (bicyclic) bond motifs is 1. The molecule has 3 nitrogen and oxygen atoms in total. The first-order valence-corrected chi connectivity index (χ1v) is 4.33. The van der Waals surface area contributed by atoms with Crippen molar-refractivity contribution in [3.63, 3.8) is 0 Å². The van der Waals surface area contributed by atoms with Crippen LogP contribution in [-0.4, -0.2) is 14.3 Å². The fourth-order valence-corrected chi connectivity index (χ4v) is 1.49. The van der Waals surface area contributed by atoms with Crippen molar-refractivity contribution in [3.05, 3.63) is 23.1 Å². The quantitative estimate of drug-likeness (QED) is 0.646. The largest absolute Gasteiger partial charge is 0.316 e. The Bertz CT molecular complexity index is 398. The van der Waals surface area contributed by atoms with Crippen LogP contribution in [0.2, 0.25) is 0 Å². The van der Waals surface area contributed by atoms with Gasteiger partial charge in [0.05, 0.1) is 6.20 Å². The van der Waals surface area contributed by atoms with Gasteiger partial charge in [0.1, 0.15) is 10.1 Å². The second kappa shape index (κ2) is 2.54. The van der Waals surface area contributed by atoms with Crippen LogP contribution >= 0.6 is 25.3 Å². The van der Waals surface area contributed by atoms with Gasteiger partial charge in [-0.25, -0.2) is 9.97 Å². The molecule has 11 heavy (non-hydrogen) atoms. The predicted octanol–water partition coefficient (Wildman–Crippen LogP) is 1.83. The van der Waals surface area contributed by atoms with Gasteiger partial charge in [0.15, 0.2) is 5.65 Å². The van der Waals surface area contributed by atoms with Gasteiger partial charge in [0.2, 0.25) is 0 Å². The number of rotatable bonds is 0. The highest BCUT2D eigenvalue weighted by molar-refractivity contribution is 9.10. The molecule has 0 N–H and O–H groups in total. The zero-order valence-corrected chi connectivity index (χ0v) is 8.27. The summed E-state index contributed by atoms with van der Waals surface area (Å²) in [4.78, 5) is 8.39. The van der Waals surface area contributed by atoms with E-state index >= 15 is 0 Å². The molecule has 0 aliphatic carbocycles. The molecule has 1 unspecified atom stereocenters. The van der Waals surface area contributed by atoms with E-state index in [0.29, 0.717) is 0 Å². The van der Waals surface area contributed by atoms with Crippen LogP contribution < -0.4 is 0 Å². The number of halogens is 1. The van der Waals surface area contributed by atoms with E-state index in [2.05, 4.69) is 35.3 Å². The summed E-state index contributed by atoms with van der Waals surface area (Å²) in [5, 5.41) is 0. The maximum Gasteiger partial charge on any atom is 0.161 e. The Morgan fingerprint density at radius 3 is 3.18 bits per heavy atom. The summed E-state index contributed by atoms with van der Waals surface area (Å²) in [7, 11) is 2.55. The fraction of sp³-hybridized carbons (Fsp3) is 0. The highest BCUT2D eigenvalue weighted by atomic mass is 79.9. The lowest BCUT2D eigenvalue weighted by Crippen LogP contribution is -1.83. The zero-order valence-electron chi connectivity index (χ0n) is 5.53. The first-order valence-electron chi connectivity index (χ1n) is 3.02. The van der Waals surface area contributed by atoms with Crippen LogP contribution in [0, 0.1) is 0 Å². The molecule has 56 valence electrons. The molecular formula is C6H5BrN3P. The number of aromatic nitrogens is 3. The summed E-state index contributed by atoms with van der Waals surface area (Å²) in [5.41, 5.74) is 1.77. The first kappa shape index (κ1) is 7.19. The van der Waals surface area contributed by atoms with E-state index in [4.69, 9.17) is 0 Å². The minimum absolute atomic E-state index is 0.765. The van der Waals surface area contributed by atoms with Crippen molar-refractivity contribution >= 4 is 36.5 Å². The highest BCUT2D eigenvalue weighted by Crippen LogP contribution is 2.15. The molecule has 1 atom stereocenters. The number of nitrogens with zero attached hydrogens (tertiary/aromatic N) is 3. The van der Waals surface area contributed by atoms with Crippen LogP contribution in [0.3, 0.4) is 0 Å². The molecule has 0 spiro atoms. The Morgan fingerprint density at radius 1 is 1.55 bits per heavy atom. The van der Waals surface area contributed by atoms with Gasteiger partial charge in [0.25, 0.3) is 0 Å². The molecule has 0 bridgehead atoms. The summed E-state index contributed by atoms with van der Waals surface area (Å²) in [5.74, 6) is 0. The molecule has 2 aromatic rings. The van der Waals surface area contributed by atoms with E-state index in [1.807, 2.05) is 16.6 Å². The van der Waals surface area contributed by atoms with Crippen LogP contribution in [0.5, 0.6) is 0 Å². The Labute approximate surface area is 74.2 Å². The molecule has 5 heteroatoms. The molecule has 0 saturated carbocycles. The summed E-state index contributed by atoms with van der Waals surface area (Å²) in [6.45, 7) is 0. The predicted molar refractivity (Wildman–Crippen MR) is 50.3 cm³/mol. The van der Waals surface area contributed by atoms with Gasteiger partial charge in [-0.1, -0.05) is 0 Å². The Morgan fingerprint density at radius 2 is 2.36 bits per heavy atom. The molecule has 2 aromatic heterocycles. The van der Waals surface area contributed by atoms with Crippen LogP contribution in [0.1, 0.15) is 0 Å². The SMILES string of the molecule is Pn1ccc2nc(Br)cnc21. The van der Waals surface area contributed by atoms with Gasteiger partial charge < -0.3 is 4.34 Å². The zero-order chi connectivity index (χ0) is 7.84. The Kier molecular flexibility index (Phi) is 1.66.